The van der Waals surface area contributed by atoms with Crippen molar-refractivity contribution in [3.63, 3.8) is 0 Å². The summed E-state index contributed by atoms with van der Waals surface area (Å²) in [5.41, 5.74) is 1.53. The number of rotatable bonds is 10. The molecule has 2 aromatic carbocycles. The average molecular weight is 371 g/mol. The highest BCUT2D eigenvalue weighted by Gasteiger charge is 2.17. The van der Waals surface area contributed by atoms with Gasteiger partial charge in [-0.2, -0.15) is 0 Å². The number of hydrogen-bond donors (Lipinski definition) is 1. The van der Waals surface area contributed by atoms with E-state index >= 15 is 0 Å². The maximum atomic E-state index is 12.6. The van der Waals surface area contributed by atoms with Crippen LogP contribution in [-0.2, 0) is 16.1 Å². The summed E-state index contributed by atoms with van der Waals surface area (Å²) in [5, 5.41) is 9.19. The van der Waals surface area contributed by atoms with Crippen LogP contribution in [0.4, 0.5) is 0 Å². The highest BCUT2D eigenvalue weighted by molar-refractivity contribution is 5.94. The van der Waals surface area contributed by atoms with E-state index in [2.05, 4.69) is 0 Å². The number of benzene rings is 2. The topological polar surface area (TPSA) is 76.1 Å². The predicted octanol–water partition coefficient (Wildman–Crippen LogP) is 2.65. The maximum Gasteiger partial charge on any atom is 0.307 e. The number of aliphatic hydroxyl groups excluding tert-OH is 1. The molecule has 144 valence electrons. The normalized spacial score (nSPS) is 10.3. The first-order valence-corrected chi connectivity index (χ1v) is 8.96. The lowest BCUT2D eigenvalue weighted by Gasteiger charge is -2.21. The molecule has 1 amide bonds. The molecule has 0 saturated heterocycles. The second kappa shape index (κ2) is 11.0. The third-order valence-corrected chi connectivity index (χ3v) is 3.90. The minimum atomic E-state index is -0.363. The van der Waals surface area contributed by atoms with Gasteiger partial charge in [-0.05, 0) is 36.8 Å². The molecule has 1 N–H and O–H groups in total. The largest absolute Gasteiger partial charge is 0.489 e. The van der Waals surface area contributed by atoms with Gasteiger partial charge in [-0.1, -0.05) is 30.3 Å². The van der Waals surface area contributed by atoms with Gasteiger partial charge in [0.2, 0.25) is 0 Å². The van der Waals surface area contributed by atoms with Gasteiger partial charge in [-0.3, -0.25) is 9.59 Å². The van der Waals surface area contributed by atoms with Gasteiger partial charge in [0, 0.05) is 18.7 Å². The second-order valence-corrected chi connectivity index (χ2v) is 5.87. The van der Waals surface area contributed by atoms with Gasteiger partial charge in [0.25, 0.3) is 5.91 Å². The lowest BCUT2D eigenvalue weighted by molar-refractivity contribution is -0.143. The Balaban J connectivity index is 1.94. The smallest absolute Gasteiger partial charge is 0.307 e. The maximum absolute atomic E-state index is 12.6. The van der Waals surface area contributed by atoms with Gasteiger partial charge >= 0.3 is 5.97 Å². The molecule has 6 heteroatoms. The van der Waals surface area contributed by atoms with Crippen molar-refractivity contribution in [1.82, 2.24) is 4.90 Å². The van der Waals surface area contributed by atoms with Crippen LogP contribution in [0.5, 0.6) is 5.75 Å². The Morgan fingerprint density at radius 1 is 1.00 bits per heavy atom. The number of hydrogen-bond acceptors (Lipinski definition) is 5. The van der Waals surface area contributed by atoms with Crippen LogP contribution in [0.2, 0.25) is 0 Å². The molecular weight excluding hydrogens is 346 g/mol. The Morgan fingerprint density at radius 2 is 1.70 bits per heavy atom. The lowest BCUT2D eigenvalue weighted by atomic mass is 10.2. The van der Waals surface area contributed by atoms with E-state index in [0.29, 0.717) is 24.5 Å². The van der Waals surface area contributed by atoms with Crippen LogP contribution < -0.4 is 4.74 Å². The van der Waals surface area contributed by atoms with Crippen molar-refractivity contribution in [2.45, 2.75) is 20.0 Å². The summed E-state index contributed by atoms with van der Waals surface area (Å²) in [6.07, 6.45) is 0.0951. The summed E-state index contributed by atoms with van der Waals surface area (Å²) in [6.45, 7) is 2.67. The van der Waals surface area contributed by atoms with E-state index < -0.39 is 0 Å². The Kier molecular flexibility index (Phi) is 8.32. The van der Waals surface area contributed by atoms with Crippen molar-refractivity contribution in [3.8, 4) is 5.75 Å². The number of carbonyl (C=O) groups is 2. The fourth-order valence-electron chi connectivity index (χ4n) is 2.51. The zero-order chi connectivity index (χ0) is 19.5. The minimum Gasteiger partial charge on any atom is -0.489 e. The first-order valence-electron chi connectivity index (χ1n) is 8.96. The molecule has 0 atom stereocenters. The van der Waals surface area contributed by atoms with Crippen LogP contribution in [0.15, 0.2) is 54.6 Å². The van der Waals surface area contributed by atoms with E-state index in [1.165, 1.54) is 4.90 Å². The Labute approximate surface area is 159 Å². The van der Waals surface area contributed by atoms with Gasteiger partial charge in [0.05, 0.1) is 19.6 Å². The van der Waals surface area contributed by atoms with Crippen LogP contribution in [-0.4, -0.2) is 48.2 Å². The van der Waals surface area contributed by atoms with E-state index in [-0.39, 0.29) is 38.0 Å². The van der Waals surface area contributed by atoms with Gasteiger partial charge in [-0.25, -0.2) is 0 Å². The van der Waals surface area contributed by atoms with Crippen LogP contribution in [0.3, 0.4) is 0 Å². The van der Waals surface area contributed by atoms with Crippen LogP contribution in [0, 0.1) is 0 Å². The number of aliphatic hydroxyl groups is 1. The highest BCUT2D eigenvalue weighted by atomic mass is 16.5. The first-order chi connectivity index (χ1) is 13.1. The Morgan fingerprint density at radius 3 is 2.33 bits per heavy atom. The molecule has 0 heterocycles. The summed E-state index contributed by atoms with van der Waals surface area (Å²) in [7, 11) is 0. The van der Waals surface area contributed by atoms with Crippen molar-refractivity contribution in [1.29, 1.82) is 0 Å². The monoisotopic (exact) mass is 371 g/mol. The highest BCUT2D eigenvalue weighted by Crippen LogP contribution is 2.16. The summed E-state index contributed by atoms with van der Waals surface area (Å²) in [4.78, 5) is 25.6. The summed E-state index contributed by atoms with van der Waals surface area (Å²) in [5.74, 6) is 0.0523. The van der Waals surface area contributed by atoms with E-state index in [1.807, 2.05) is 30.3 Å². The number of carbonyl (C=O) groups excluding carboxylic acids is 2. The molecule has 0 aliphatic heterocycles. The molecule has 0 aliphatic carbocycles. The zero-order valence-corrected chi connectivity index (χ0v) is 15.5. The van der Waals surface area contributed by atoms with Crippen molar-refractivity contribution < 1.29 is 24.2 Å². The molecule has 2 aromatic rings. The van der Waals surface area contributed by atoms with Crippen molar-refractivity contribution in [2.24, 2.45) is 0 Å². The minimum absolute atomic E-state index is 0.0951. The molecule has 0 radical (unpaired) electrons. The van der Waals surface area contributed by atoms with Crippen molar-refractivity contribution in [2.75, 3.05) is 26.3 Å². The van der Waals surface area contributed by atoms with Crippen molar-refractivity contribution >= 4 is 11.9 Å². The van der Waals surface area contributed by atoms with Crippen molar-refractivity contribution in [3.05, 3.63) is 65.7 Å². The molecule has 0 unspecified atom stereocenters. The van der Waals surface area contributed by atoms with E-state index in [4.69, 9.17) is 9.47 Å². The summed E-state index contributed by atoms with van der Waals surface area (Å²) < 4.78 is 10.6. The SMILES string of the molecule is CCOC(=O)CCN(CCO)C(=O)c1ccc(OCc2ccccc2)cc1. The number of nitrogens with zero attached hydrogens (tertiary/aromatic N) is 1. The lowest BCUT2D eigenvalue weighted by Crippen LogP contribution is -2.35. The predicted molar refractivity (Wildman–Crippen MR) is 101 cm³/mol. The average Bonchev–Trinajstić information content (AvgIpc) is 2.70. The Hall–Kier alpha value is -2.86. The number of esters is 1. The molecule has 0 bridgehead atoms. The molecule has 0 aliphatic rings. The molecule has 2 rings (SSSR count). The molecule has 0 saturated carbocycles. The van der Waals surface area contributed by atoms with E-state index in [1.54, 1.807) is 31.2 Å². The Bertz CT molecular complexity index is 715. The van der Waals surface area contributed by atoms with E-state index in [0.717, 1.165) is 5.56 Å². The fraction of sp³-hybridized carbons (Fsp3) is 0.333. The zero-order valence-electron chi connectivity index (χ0n) is 15.5. The standard InChI is InChI=1S/C21H25NO5/c1-2-26-20(24)12-13-22(14-15-23)21(25)18-8-10-19(11-9-18)27-16-17-6-4-3-5-7-17/h3-11,23H,2,12-16H2,1H3. The quantitative estimate of drug-likeness (QED) is 0.650. The second-order valence-electron chi connectivity index (χ2n) is 5.87. The number of ether oxygens (including phenoxy) is 2. The van der Waals surface area contributed by atoms with Gasteiger partial charge in [-0.15, -0.1) is 0 Å². The van der Waals surface area contributed by atoms with Gasteiger partial charge in [0.1, 0.15) is 12.4 Å². The number of amides is 1. The molecule has 0 spiro atoms. The molecule has 0 fully saturated rings. The molecule has 0 aromatic heterocycles. The summed E-state index contributed by atoms with van der Waals surface area (Å²) in [6, 6.07) is 16.6. The van der Waals surface area contributed by atoms with Crippen LogP contribution >= 0.6 is 0 Å². The summed E-state index contributed by atoms with van der Waals surface area (Å²) >= 11 is 0. The third kappa shape index (κ3) is 6.75. The van der Waals surface area contributed by atoms with Gasteiger partial charge < -0.3 is 19.5 Å². The van der Waals surface area contributed by atoms with Gasteiger partial charge in [0.15, 0.2) is 0 Å². The first kappa shape index (κ1) is 20.5. The van der Waals surface area contributed by atoms with Crippen LogP contribution in [0.25, 0.3) is 0 Å². The fourth-order valence-corrected chi connectivity index (χ4v) is 2.51. The molecule has 6 nitrogen and oxygen atoms in total. The molecule has 27 heavy (non-hydrogen) atoms. The van der Waals surface area contributed by atoms with Crippen LogP contribution in [0.1, 0.15) is 29.3 Å². The molecular formula is C21H25NO5. The third-order valence-electron chi connectivity index (χ3n) is 3.90. The van der Waals surface area contributed by atoms with E-state index in [9.17, 15) is 14.7 Å².